The van der Waals surface area contributed by atoms with Crippen molar-refractivity contribution >= 4 is 12.2 Å². The van der Waals surface area contributed by atoms with Crippen LogP contribution in [0.15, 0.2) is 127 Å². The van der Waals surface area contributed by atoms with Crippen molar-refractivity contribution in [3.63, 3.8) is 0 Å². The fourth-order valence-electron chi connectivity index (χ4n) is 8.88. The van der Waals surface area contributed by atoms with Gasteiger partial charge in [0.1, 0.15) is 11.4 Å². The van der Waals surface area contributed by atoms with E-state index in [-0.39, 0.29) is 0 Å². The van der Waals surface area contributed by atoms with Gasteiger partial charge in [0.2, 0.25) is 0 Å². The van der Waals surface area contributed by atoms with E-state index >= 15 is 0 Å². The van der Waals surface area contributed by atoms with Crippen molar-refractivity contribution in [3.05, 3.63) is 182 Å². The second kappa shape index (κ2) is 11.3. The predicted molar refractivity (Wildman–Crippen MR) is 211 cm³/mol. The molecule has 0 saturated heterocycles. The maximum atomic E-state index is 5.02. The zero-order chi connectivity index (χ0) is 35.2. The molecule has 6 aromatic carbocycles. The normalized spacial score (nSPS) is 12.6. The third-order valence-electron chi connectivity index (χ3n) is 11.3. The lowest BCUT2D eigenvalue weighted by molar-refractivity contribution is 0.878. The van der Waals surface area contributed by atoms with Gasteiger partial charge in [-0.05, 0) is 103 Å². The quantitative estimate of drug-likeness (QED) is 0.186. The first kappa shape index (κ1) is 29.8. The van der Waals surface area contributed by atoms with E-state index in [2.05, 4.69) is 158 Å². The van der Waals surface area contributed by atoms with Crippen LogP contribution < -0.4 is 10.4 Å². The van der Waals surface area contributed by atoms with E-state index in [1.807, 2.05) is 6.07 Å². The number of rotatable bonds is 4. The minimum atomic E-state index is 0.740. The molecule has 0 radical (unpaired) electrons. The van der Waals surface area contributed by atoms with Gasteiger partial charge in [0.15, 0.2) is 0 Å². The van der Waals surface area contributed by atoms with Gasteiger partial charge in [-0.15, -0.1) is 10.2 Å². The summed E-state index contributed by atoms with van der Waals surface area (Å²) in [6, 6.07) is 44.9. The van der Waals surface area contributed by atoms with Gasteiger partial charge in [-0.25, -0.2) is 0 Å². The molecule has 0 N–H and O–H groups in total. The van der Waals surface area contributed by atoms with Crippen molar-refractivity contribution in [1.29, 1.82) is 0 Å². The number of hydrogen-bond acceptors (Lipinski definition) is 5. The van der Waals surface area contributed by atoms with Gasteiger partial charge in [-0.3, -0.25) is 0 Å². The minimum absolute atomic E-state index is 0.740. The van der Waals surface area contributed by atoms with E-state index in [1.54, 1.807) is 0 Å². The molecule has 0 aliphatic heterocycles. The summed E-state index contributed by atoms with van der Waals surface area (Å²) in [6.45, 7) is 4.27. The zero-order valence-electron chi connectivity index (χ0n) is 29.2. The summed E-state index contributed by atoms with van der Waals surface area (Å²) in [5.74, 6) is 0. The van der Waals surface area contributed by atoms with Crippen LogP contribution in [0.3, 0.4) is 0 Å². The van der Waals surface area contributed by atoms with Gasteiger partial charge in [0.05, 0.1) is 11.4 Å². The Morgan fingerprint density at radius 2 is 1.15 bits per heavy atom. The molecule has 3 aliphatic carbocycles. The molecule has 8 aromatic rings. The average molecular weight is 678 g/mol. The molecule has 0 bridgehead atoms. The van der Waals surface area contributed by atoms with Crippen LogP contribution in [0.25, 0.3) is 79.2 Å². The van der Waals surface area contributed by atoms with Gasteiger partial charge in [0.25, 0.3) is 0 Å². The standard InChI is InChI=1S/C48H31N5/c1-27-28(2)49-50-39-26-37-36-24-32-20-12-13-21-34(32)43(36)38-25-33-22-23-35(29-14-6-3-7-15-29)46(41(33)45(38)44(37)40(27)39)48-42(30-16-8-4-9-17-30)47(51-53-52-48)31-18-10-5-11-19-31/h3-25H,26H2,1-2H3. The Morgan fingerprint density at radius 1 is 0.472 bits per heavy atom. The van der Waals surface area contributed by atoms with Gasteiger partial charge < -0.3 is 0 Å². The van der Waals surface area contributed by atoms with Crippen LogP contribution in [0.2, 0.25) is 0 Å². The monoisotopic (exact) mass is 677 g/mol. The van der Waals surface area contributed by atoms with Crippen LogP contribution in [0, 0.1) is 24.3 Å². The van der Waals surface area contributed by atoms with Crippen molar-refractivity contribution in [2.75, 3.05) is 0 Å². The third-order valence-corrected chi connectivity index (χ3v) is 11.3. The van der Waals surface area contributed by atoms with E-state index < -0.39 is 0 Å². The lowest BCUT2D eigenvalue weighted by atomic mass is 9.87. The first-order valence-electron chi connectivity index (χ1n) is 18.1. The highest BCUT2D eigenvalue weighted by molar-refractivity contribution is 5.99. The first-order valence-corrected chi connectivity index (χ1v) is 18.1. The van der Waals surface area contributed by atoms with Crippen LogP contribution in [-0.4, -0.2) is 25.6 Å². The Labute approximate surface area is 306 Å². The molecule has 0 saturated carbocycles. The van der Waals surface area contributed by atoms with E-state index in [0.29, 0.717) is 0 Å². The molecule has 0 fully saturated rings. The van der Waals surface area contributed by atoms with Gasteiger partial charge >= 0.3 is 0 Å². The van der Waals surface area contributed by atoms with Gasteiger partial charge in [0, 0.05) is 33.9 Å². The molecule has 5 nitrogen and oxygen atoms in total. The minimum Gasteiger partial charge on any atom is -0.155 e. The Morgan fingerprint density at radius 3 is 1.92 bits per heavy atom. The van der Waals surface area contributed by atoms with Crippen molar-refractivity contribution in [3.8, 4) is 67.0 Å². The lowest BCUT2D eigenvalue weighted by Crippen LogP contribution is -2.12. The number of fused-ring (bicyclic) bond motifs is 11. The summed E-state index contributed by atoms with van der Waals surface area (Å²) in [6.07, 6.45) is 5.53. The molecule has 0 amide bonds. The van der Waals surface area contributed by atoms with E-state index in [1.165, 1.54) is 65.4 Å². The van der Waals surface area contributed by atoms with Crippen molar-refractivity contribution in [1.82, 2.24) is 25.6 Å². The molecule has 3 aliphatic rings. The Bertz CT molecular complexity index is 3080. The molecule has 0 spiro atoms. The first-order chi connectivity index (χ1) is 26.2. The second-order valence-electron chi connectivity index (χ2n) is 14.1. The molecular formula is C48H31N5. The summed E-state index contributed by atoms with van der Waals surface area (Å²) < 4.78 is 0. The fraction of sp³-hybridized carbons (Fsp3) is 0.0625. The SMILES string of the molecule is Cc1nnc2c(c1C)-c1c(c3c(c4c1=c1c(-c5nnnc(-c6ccccc6)c5-c5ccccc5)c(-c5ccccc5)ccc1=C4)-c1ccccc1C=3)C2. The second-order valence-corrected chi connectivity index (χ2v) is 14.1. The molecule has 2 aromatic heterocycles. The molecule has 0 unspecified atom stereocenters. The average Bonchev–Trinajstić information content (AvgIpc) is 3.91. The maximum absolute atomic E-state index is 5.02. The number of benzene rings is 6. The topological polar surface area (TPSA) is 64.5 Å². The maximum Gasteiger partial charge on any atom is 0.106 e. The number of aromatic nitrogens is 5. The van der Waals surface area contributed by atoms with E-state index in [4.69, 9.17) is 15.3 Å². The van der Waals surface area contributed by atoms with Crippen LogP contribution in [0.4, 0.5) is 0 Å². The highest BCUT2D eigenvalue weighted by Crippen LogP contribution is 2.46. The molecule has 5 heteroatoms. The largest absolute Gasteiger partial charge is 0.155 e. The Balaban J connectivity index is 1.40. The number of nitrogens with zero attached hydrogens (tertiary/aromatic N) is 5. The molecule has 248 valence electrons. The van der Waals surface area contributed by atoms with Gasteiger partial charge in [-0.1, -0.05) is 127 Å². The van der Waals surface area contributed by atoms with Crippen molar-refractivity contribution in [2.24, 2.45) is 0 Å². The summed E-state index contributed by atoms with van der Waals surface area (Å²) in [5.41, 5.74) is 19.9. The predicted octanol–water partition coefficient (Wildman–Crippen LogP) is 8.76. The van der Waals surface area contributed by atoms with Crippen LogP contribution in [-0.2, 0) is 6.42 Å². The Kier molecular flexibility index (Phi) is 6.38. The van der Waals surface area contributed by atoms with Crippen LogP contribution in [0.5, 0.6) is 0 Å². The molecule has 0 atom stereocenters. The third kappa shape index (κ3) is 4.28. The molecular weight excluding hydrogens is 647 g/mol. The highest BCUT2D eigenvalue weighted by atomic mass is 15.3. The van der Waals surface area contributed by atoms with Crippen molar-refractivity contribution < 1.29 is 0 Å². The van der Waals surface area contributed by atoms with E-state index in [0.717, 1.165) is 62.6 Å². The number of aryl methyl sites for hydroxylation is 1. The van der Waals surface area contributed by atoms with Crippen LogP contribution in [0.1, 0.15) is 33.6 Å². The Hall–Kier alpha value is -6.85. The van der Waals surface area contributed by atoms with Crippen molar-refractivity contribution in [2.45, 2.75) is 20.3 Å². The van der Waals surface area contributed by atoms with Gasteiger partial charge in [-0.2, -0.15) is 10.2 Å². The zero-order valence-corrected chi connectivity index (χ0v) is 29.2. The number of hydrogen-bond donors (Lipinski definition) is 0. The smallest absolute Gasteiger partial charge is 0.106 e. The van der Waals surface area contributed by atoms with Crippen LogP contribution >= 0.6 is 0 Å². The summed E-state index contributed by atoms with van der Waals surface area (Å²) in [7, 11) is 0. The summed E-state index contributed by atoms with van der Waals surface area (Å²) >= 11 is 0. The van der Waals surface area contributed by atoms with E-state index in [9.17, 15) is 0 Å². The molecule has 11 rings (SSSR count). The lowest BCUT2D eigenvalue weighted by Gasteiger charge is -2.17. The molecule has 2 heterocycles. The fourth-order valence-corrected chi connectivity index (χ4v) is 8.88. The summed E-state index contributed by atoms with van der Waals surface area (Å²) in [5, 5.41) is 28.6. The highest BCUT2D eigenvalue weighted by Gasteiger charge is 2.33. The summed E-state index contributed by atoms with van der Waals surface area (Å²) in [4.78, 5) is 0. The molecule has 53 heavy (non-hydrogen) atoms.